The molecule has 4 rings (SSSR count). The summed E-state index contributed by atoms with van der Waals surface area (Å²) in [5, 5.41) is 11.3. The molecule has 0 heterocycles. The summed E-state index contributed by atoms with van der Waals surface area (Å²) in [7, 11) is -5.85. The Labute approximate surface area is 154 Å². The first kappa shape index (κ1) is 20.1. The zero-order valence-corrected chi connectivity index (χ0v) is 15.1. The number of sulfonamides is 1. The monoisotopic (exact) mass is 410 g/mol. The number of ketones is 1. The van der Waals surface area contributed by atoms with E-state index >= 15 is 0 Å². The molecule has 0 N–H and O–H groups in total. The molecule has 11 heteroatoms. The maximum absolute atomic E-state index is 12.5. The Morgan fingerprint density at radius 1 is 1.22 bits per heavy atom. The molecule has 0 amide bonds. The second-order valence-corrected chi connectivity index (χ2v) is 9.27. The molecule has 0 aliphatic heterocycles. The fourth-order valence-electron chi connectivity index (χ4n) is 4.77. The quantitative estimate of drug-likeness (QED) is 0.282. The topological polar surface area (TPSA) is 113 Å². The van der Waals surface area contributed by atoms with Gasteiger partial charge in [-0.3, -0.25) is 9.59 Å². The normalized spacial score (nSPS) is 33.4. The van der Waals surface area contributed by atoms with Crippen molar-refractivity contribution in [2.45, 2.75) is 50.5 Å². The highest BCUT2D eigenvalue weighted by atomic mass is 32.2. The first-order valence-electron chi connectivity index (χ1n) is 8.72. The van der Waals surface area contributed by atoms with Gasteiger partial charge in [-0.15, -0.1) is 0 Å². The van der Waals surface area contributed by atoms with E-state index in [0.29, 0.717) is 25.2 Å². The van der Waals surface area contributed by atoms with Crippen molar-refractivity contribution >= 4 is 27.7 Å². The van der Waals surface area contributed by atoms with Gasteiger partial charge in [0, 0.05) is 11.8 Å². The summed E-state index contributed by atoms with van der Waals surface area (Å²) in [6.07, 6.45) is 2.52. The fraction of sp³-hybridized carbons (Fsp3) is 0.812. The van der Waals surface area contributed by atoms with Crippen LogP contribution in [-0.4, -0.2) is 38.2 Å². The van der Waals surface area contributed by atoms with Crippen LogP contribution >= 0.6 is 0 Å². The minimum atomic E-state index is -5.85. The average Bonchev–Trinajstić information content (AvgIpc) is 2.54. The van der Waals surface area contributed by atoms with Crippen molar-refractivity contribution in [3.63, 3.8) is 0 Å². The average molecular weight is 410 g/mol. The molecule has 2 unspecified atom stereocenters. The van der Waals surface area contributed by atoms with E-state index in [9.17, 15) is 36.3 Å². The second-order valence-electron chi connectivity index (χ2n) is 7.67. The van der Waals surface area contributed by atoms with Gasteiger partial charge >= 0.3 is 21.5 Å². The largest absolute Gasteiger partial charge is 0.861 e. The molecule has 27 heavy (non-hydrogen) atoms. The van der Waals surface area contributed by atoms with Gasteiger partial charge in [0.15, 0.2) is 0 Å². The van der Waals surface area contributed by atoms with E-state index < -0.39 is 39.2 Å². The number of nitrogens with zero attached hydrogens (tertiary/aromatic N) is 1. The maximum Gasteiger partial charge on any atom is 0.518 e. The molecule has 0 saturated heterocycles. The van der Waals surface area contributed by atoms with Crippen LogP contribution in [-0.2, 0) is 24.3 Å². The van der Waals surface area contributed by atoms with Gasteiger partial charge in [0.2, 0.25) is 0 Å². The Morgan fingerprint density at radius 2 is 1.81 bits per heavy atom. The van der Waals surface area contributed by atoms with Gasteiger partial charge in [-0.2, -0.15) is 26.0 Å². The van der Waals surface area contributed by atoms with E-state index in [1.807, 2.05) is 0 Å². The van der Waals surface area contributed by atoms with Crippen LogP contribution in [0.1, 0.15) is 44.9 Å². The molecule has 4 saturated carbocycles. The first-order valence-corrected chi connectivity index (χ1v) is 10.2. The standard InChI is InChI=1S/C16H20F3NO6S/c17-16(18,19)27(24,25)20-12(21)2-1-3-26-14(23)15-6-9-4-10(7-15)13(22)11(5-9)8-15/h9-11H,1-8H2,(H,20,21)/p-1. The number of rotatable bonds is 6. The third kappa shape index (κ3) is 3.83. The van der Waals surface area contributed by atoms with Crippen LogP contribution < -0.4 is 5.11 Å². The van der Waals surface area contributed by atoms with Gasteiger partial charge in [-0.1, -0.05) is 0 Å². The smallest absolute Gasteiger partial charge is 0.518 e. The zero-order chi connectivity index (χ0) is 20.0. The molecule has 2 atom stereocenters. The summed E-state index contributed by atoms with van der Waals surface area (Å²) in [6, 6.07) is 0. The first-order chi connectivity index (χ1) is 12.4. The van der Waals surface area contributed by atoms with Crippen molar-refractivity contribution in [1.82, 2.24) is 0 Å². The summed E-state index contributed by atoms with van der Waals surface area (Å²) in [5.74, 6) is -1.52. The lowest BCUT2D eigenvalue weighted by atomic mass is 9.49. The van der Waals surface area contributed by atoms with E-state index in [2.05, 4.69) is 4.40 Å². The molecule has 4 fully saturated rings. The Bertz CT molecular complexity index is 758. The Balaban J connectivity index is 1.50. The number of hydrogen-bond acceptors (Lipinski definition) is 6. The van der Waals surface area contributed by atoms with Gasteiger partial charge in [0.1, 0.15) is 5.78 Å². The minimum Gasteiger partial charge on any atom is -0.861 e. The lowest BCUT2D eigenvalue weighted by molar-refractivity contribution is -0.218. The van der Waals surface area contributed by atoms with Crippen molar-refractivity contribution < 1.29 is 41.0 Å². The van der Waals surface area contributed by atoms with Gasteiger partial charge in [0.25, 0.3) is 0 Å². The summed E-state index contributed by atoms with van der Waals surface area (Å²) in [6.45, 7) is -0.220. The number of carbonyl (C=O) groups excluding carboxylic acids is 2. The maximum atomic E-state index is 12.5. The number of carbonyl (C=O) groups is 2. The van der Waals surface area contributed by atoms with Gasteiger partial charge in [0.05, 0.1) is 12.0 Å². The van der Waals surface area contributed by atoms with Crippen LogP contribution in [0.5, 0.6) is 0 Å². The summed E-state index contributed by atoms with van der Waals surface area (Å²) in [5.41, 5.74) is -6.30. The molecule has 0 spiro atoms. The SMILES string of the molecule is O=C1C2CC3CC1CC(C(=O)OCCC/C([O-])=N/S(=O)(=O)C(F)(F)F)(C3)C2. The number of ether oxygens (including phenoxy) is 1. The van der Waals surface area contributed by atoms with Crippen LogP contribution in [0.15, 0.2) is 4.40 Å². The highest BCUT2D eigenvalue weighted by Crippen LogP contribution is 2.59. The van der Waals surface area contributed by atoms with Gasteiger partial charge in [-0.25, -0.2) is 0 Å². The Kier molecular flexibility index (Phi) is 5.02. The Morgan fingerprint density at radius 3 is 2.37 bits per heavy atom. The zero-order valence-electron chi connectivity index (χ0n) is 14.3. The molecule has 4 aliphatic rings. The van der Waals surface area contributed by atoms with Crippen LogP contribution in [0.2, 0.25) is 0 Å². The fourth-order valence-corrected chi connectivity index (χ4v) is 5.23. The van der Waals surface area contributed by atoms with Crippen LogP contribution in [0.25, 0.3) is 0 Å². The number of esters is 1. The van der Waals surface area contributed by atoms with Crippen molar-refractivity contribution in [2.75, 3.05) is 6.61 Å². The van der Waals surface area contributed by atoms with Gasteiger partial charge < -0.3 is 9.84 Å². The lowest BCUT2D eigenvalue weighted by Crippen LogP contribution is -2.54. The number of alkyl halides is 3. The predicted octanol–water partition coefficient (Wildman–Crippen LogP) is 1.31. The van der Waals surface area contributed by atoms with E-state index in [0.717, 1.165) is 12.8 Å². The lowest BCUT2D eigenvalue weighted by Gasteiger charge is -2.53. The van der Waals surface area contributed by atoms with Crippen LogP contribution in [0.3, 0.4) is 0 Å². The predicted molar refractivity (Wildman–Crippen MR) is 83.6 cm³/mol. The van der Waals surface area contributed by atoms with E-state index in [4.69, 9.17) is 4.74 Å². The third-order valence-corrected chi connectivity index (χ3v) is 6.74. The van der Waals surface area contributed by atoms with E-state index in [1.165, 1.54) is 0 Å². The molecule has 152 valence electrons. The van der Waals surface area contributed by atoms with Crippen LogP contribution in [0, 0.1) is 23.2 Å². The van der Waals surface area contributed by atoms with Gasteiger partial charge in [-0.05, 0) is 56.8 Å². The molecular formula is C16H19F3NO6S-. The third-order valence-electron chi connectivity index (χ3n) is 5.71. The highest BCUT2D eigenvalue weighted by Gasteiger charge is 2.59. The number of Topliss-reactive ketones (excluding diaryl/α,β-unsaturated/α-hetero) is 1. The van der Waals surface area contributed by atoms with Crippen molar-refractivity contribution in [3.05, 3.63) is 0 Å². The molecule has 0 aromatic heterocycles. The minimum absolute atomic E-state index is 0.100. The highest BCUT2D eigenvalue weighted by molar-refractivity contribution is 7.91. The molecule has 0 radical (unpaired) electrons. The molecule has 0 aromatic carbocycles. The summed E-state index contributed by atoms with van der Waals surface area (Å²) < 4.78 is 65.4. The number of hydrogen-bond donors (Lipinski definition) is 0. The summed E-state index contributed by atoms with van der Waals surface area (Å²) in [4.78, 5) is 24.7. The molecule has 4 bridgehead atoms. The second kappa shape index (κ2) is 6.75. The van der Waals surface area contributed by atoms with E-state index in [1.54, 1.807) is 0 Å². The summed E-state index contributed by atoms with van der Waals surface area (Å²) >= 11 is 0. The number of halogens is 3. The van der Waals surface area contributed by atoms with Crippen molar-refractivity contribution in [2.24, 2.45) is 27.6 Å². The van der Waals surface area contributed by atoms with E-state index in [-0.39, 0.29) is 30.6 Å². The van der Waals surface area contributed by atoms with Crippen molar-refractivity contribution in [1.29, 1.82) is 0 Å². The van der Waals surface area contributed by atoms with Crippen LogP contribution in [0.4, 0.5) is 13.2 Å². The Hall–Kier alpha value is -1.65. The molecular weight excluding hydrogens is 391 g/mol. The van der Waals surface area contributed by atoms with Crippen molar-refractivity contribution in [3.8, 4) is 0 Å². The molecule has 4 aliphatic carbocycles. The molecule has 0 aromatic rings. The molecule has 7 nitrogen and oxygen atoms in total.